The van der Waals surface area contributed by atoms with E-state index >= 15 is 8.78 Å². The third-order valence-corrected chi connectivity index (χ3v) is 17.0. The summed E-state index contributed by atoms with van der Waals surface area (Å²) in [5, 5.41) is 7.75. The minimum Gasteiger partial charge on any atom is -0.456 e. The second-order valence-corrected chi connectivity index (χ2v) is 20.7. The Bertz CT molecular complexity index is 5010. The van der Waals surface area contributed by atoms with E-state index in [1.165, 1.54) is 6.07 Å². The average Bonchev–Trinajstić information content (AvgIpc) is 2.99. The number of hydrogen-bond donors (Lipinski definition) is 0. The molecule has 0 amide bonds. The highest BCUT2D eigenvalue weighted by molar-refractivity contribution is 6.23. The number of halogens is 2. The van der Waals surface area contributed by atoms with Gasteiger partial charge in [-0.3, -0.25) is 0 Å². The minimum absolute atomic E-state index is 0.298. The Hall–Kier alpha value is -10.0. The van der Waals surface area contributed by atoms with Crippen LogP contribution in [0.1, 0.15) is 44.9 Å². The van der Waals surface area contributed by atoms with E-state index in [1.54, 1.807) is 18.2 Å². The van der Waals surface area contributed by atoms with Gasteiger partial charge in [0.1, 0.15) is 34.0 Å². The zero-order valence-electron chi connectivity index (χ0n) is 41.6. The highest BCUT2D eigenvalue weighted by Gasteiger charge is 2.51. The summed E-state index contributed by atoms with van der Waals surface area (Å²) in [5.41, 5.74) is 15.9. The minimum atomic E-state index is -0.937. The van der Waals surface area contributed by atoms with Crippen LogP contribution >= 0.6 is 0 Å². The van der Waals surface area contributed by atoms with Crippen molar-refractivity contribution < 1.29 is 22.0 Å². The van der Waals surface area contributed by atoms with Crippen LogP contribution in [0.5, 0.6) is 0 Å². The Morgan fingerprint density at radius 2 is 0.833 bits per heavy atom. The third kappa shape index (κ3) is 5.65. The summed E-state index contributed by atoms with van der Waals surface area (Å²) in [5.74, 6) is -1.27. The molecule has 2 aliphatic carbocycles. The maximum absolute atomic E-state index is 17.2. The van der Waals surface area contributed by atoms with Crippen LogP contribution < -0.4 is 4.90 Å². The fraction of sp³-hybridized carbons (Fsp3) is 0.0278. The van der Waals surface area contributed by atoms with Crippen LogP contribution in [0, 0.1) is 11.6 Å². The molecule has 0 saturated carbocycles. The van der Waals surface area contributed by atoms with Crippen molar-refractivity contribution in [3.63, 3.8) is 0 Å². The molecule has 3 aromatic heterocycles. The van der Waals surface area contributed by atoms with Crippen molar-refractivity contribution in [3.05, 3.63) is 293 Å². The largest absolute Gasteiger partial charge is 0.456 e. The van der Waals surface area contributed by atoms with Gasteiger partial charge in [0.2, 0.25) is 0 Å². The van der Waals surface area contributed by atoms with Crippen molar-refractivity contribution in [3.8, 4) is 22.3 Å². The zero-order valence-corrected chi connectivity index (χ0v) is 41.6. The molecule has 15 aromatic rings. The monoisotopic (exact) mass is 1010 g/mol. The maximum Gasteiger partial charge on any atom is 0.160 e. The van der Waals surface area contributed by atoms with Gasteiger partial charge in [-0.1, -0.05) is 194 Å². The lowest BCUT2D eigenvalue weighted by Gasteiger charge is -2.41. The van der Waals surface area contributed by atoms with Crippen LogP contribution in [0.15, 0.2) is 256 Å². The van der Waals surface area contributed by atoms with Crippen molar-refractivity contribution in [1.29, 1.82) is 0 Å². The van der Waals surface area contributed by atoms with Crippen LogP contribution in [0.25, 0.3) is 98.8 Å². The third-order valence-electron chi connectivity index (χ3n) is 17.0. The molecule has 1 atom stereocenters. The van der Waals surface area contributed by atoms with Crippen molar-refractivity contribution >= 4 is 93.7 Å². The van der Waals surface area contributed by atoms with Gasteiger partial charge in [0.05, 0.1) is 22.5 Å². The molecule has 0 saturated heterocycles. The van der Waals surface area contributed by atoms with Gasteiger partial charge in [-0.05, 0) is 115 Å². The van der Waals surface area contributed by atoms with Crippen LogP contribution in [-0.4, -0.2) is 0 Å². The molecule has 0 bridgehead atoms. The van der Waals surface area contributed by atoms with Gasteiger partial charge >= 0.3 is 0 Å². The molecular weight excluding hydrogens is 965 g/mol. The number of fused-ring (bicyclic) bond motifs is 19. The molecule has 0 N–H and O–H groups in total. The molecule has 78 heavy (non-hydrogen) atoms. The molecule has 3 heterocycles. The van der Waals surface area contributed by atoms with Crippen molar-refractivity contribution in [2.45, 2.75) is 11.3 Å². The van der Waals surface area contributed by atoms with E-state index in [-0.39, 0.29) is 5.82 Å². The predicted octanol–water partition coefficient (Wildman–Crippen LogP) is 19.8. The summed E-state index contributed by atoms with van der Waals surface area (Å²) in [6.07, 6.45) is 0. The molecule has 0 fully saturated rings. The van der Waals surface area contributed by atoms with E-state index in [0.29, 0.717) is 39.4 Å². The quantitative estimate of drug-likeness (QED) is 0.156. The van der Waals surface area contributed by atoms with Crippen LogP contribution in [0.2, 0.25) is 0 Å². The Morgan fingerprint density at radius 1 is 0.321 bits per heavy atom. The molecule has 12 aromatic carbocycles. The van der Waals surface area contributed by atoms with E-state index in [0.717, 1.165) is 115 Å². The van der Waals surface area contributed by atoms with Gasteiger partial charge in [-0.25, -0.2) is 8.78 Å². The van der Waals surface area contributed by atoms with Gasteiger partial charge in [-0.2, -0.15) is 0 Å². The first-order valence-electron chi connectivity index (χ1n) is 26.4. The normalized spacial score (nSPS) is 13.6. The van der Waals surface area contributed by atoms with Crippen LogP contribution in [-0.2, 0) is 5.41 Å². The molecule has 2 aliphatic rings. The zero-order chi connectivity index (χ0) is 51.4. The number of anilines is 3. The van der Waals surface area contributed by atoms with Gasteiger partial charge in [0.15, 0.2) is 11.2 Å². The maximum atomic E-state index is 17.2. The van der Waals surface area contributed by atoms with E-state index in [1.807, 2.05) is 89.8 Å². The molecule has 4 nitrogen and oxygen atoms in total. The summed E-state index contributed by atoms with van der Waals surface area (Å²) < 4.78 is 55.0. The summed E-state index contributed by atoms with van der Waals surface area (Å²) >= 11 is 0. The summed E-state index contributed by atoms with van der Waals surface area (Å²) in [7, 11) is 0. The predicted molar refractivity (Wildman–Crippen MR) is 311 cm³/mol. The van der Waals surface area contributed by atoms with Gasteiger partial charge in [0.25, 0.3) is 0 Å². The van der Waals surface area contributed by atoms with E-state index in [9.17, 15) is 0 Å². The van der Waals surface area contributed by atoms with Crippen LogP contribution in [0.3, 0.4) is 0 Å². The number of rotatable bonds is 6. The topological polar surface area (TPSA) is 42.7 Å². The van der Waals surface area contributed by atoms with Crippen molar-refractivity contribution in [1.82, 2.24) is 0 Å². The Balaban J connectivity index is 1.05. The highest BCUT2D eigenvalue weighted by atomic mass is 19.1. The molecule has 1 unspecified atom stereocenters. The fourth-order valence-corrected chi connectivity index (χ4v) is 13.9. The summed E-state index contributed by atoms with van der Waals surface area (Å²) in [6, 6.07) is 81.7. The summed E-state index contributed by atoms with van der Waals surface area (Å²) in [6.45, 7) is 0. The Morgan fingerprint density at radius 3 is 1.56 bits per heavy atom. The first-order chi connectivity index (χ1) is 38.6. The fourth-order valence-electron chi connectivity index (χ4n) is 13.9. The second kappa shape index (κ2) is 16.0. The lowest BCUT2D eigenvalue weighted by Crippen LogP contribution is -2.32. The lowest BCUT2D eigenvalue weighted by molar-refractivity contribution is 0.605. The second-order valence-electron chi connectivity index (χ2n) is 20.7. The molecule has 1 spiro atoms. The Kier molecular flexibility index (Phi) is 8.86. The SMILES string of the molecule is Fc1ccccc1C(c1ccc2c3c(cccc13)C1(c3ccccc3-c3ccccc31)c1cc(N(c3ccccc3F)c3cccc4c3oc3ccccc34)c3oc4ccccc4c3c1-2)c1cccc2c1oc1ccccc12. The van der Waals surface area contributed by atoms with E-state index < -0.39 is 17.2 Å². The molecule has 366 valence electrons. The van der Waals surface area contributed by atoms with Gasteiger partial charge in [0, 0.05) is 43.8 Å². The van der Waals surface area contributed by atoms with E-state index in [4.69, 9.17) is 13.3 Å². The highest BCUT2D eigenvalue weighted by Crippen LogP contribution is 2.65. The van der Waals surface area contributed by atoms with E-state index in [2.05, 4.69) is 133 Å². The molecule has 0 radical (unpaired) electrons. The summed E-state index contributed by atoms with van der Waals surface area (Å²) in [4.78, 5) is 2.00. The average molecular weight is 1010 g/mol. The molecular formula is C72H41F2NO3. The standard InChI is InChI=1S/C72H41F2NO3/c73-57-31-9-3-22-49(57)65(52-27-15-25-47-43-20-4-12-35-62(43)76-69(47)52)46-38-39-51-66-45(46)24-16-30-55(66)72(53-28-7-1-18-41(53)42-19-2-8-29-54(42)72)56-40-61(71-68(67(51)56)50-23-6-14-37-64(50)78-71)75(59-33-11-10-32-58(59)74)60-34-17-26-48-44-21-5-13-36-63(44)77-70(48)60/h1-40,65H. The number of furan rings is 3. The van der Waals surface area contributed by atoms with Crippen LogP contribution in [0.4, 0.5) is 25.8 Å². The smallest absolute Gasteiger partial charge is 0.160 e. The Labute approximate surface area is 445 Å². The molecule has 6 heteroatoms. The first kappa shape index (κ1) is 43.2. The number of benzene rings is 12. The lowest BCUT2D eigenvalue weighted by atomic mass is 9.60. The number of para-hydroxylation sites is 6. The van der Waals surface area contributed by atoms with Gasteiger partial charge in [-0.15, -0.1) is 0 Å². The molecule has 0 aliphatic heterocycles. The van der Waals surface area contributed by atoms with Gasteiger partial charge < -0.3 is 18.2 Å². The van der Waals surface area contributed by atoms with Crippen molar-refractivity contribution in [2.24, 2.45) is 0 Å². The first-order valence-corrected chi connectivity index (χ1v) is 26.4. The number of nitrogens with zero attached hydrogens (tertiary/aromatic N) is 1. The van der Waals surface area contributed by atoms with Crippen molar-refractivity contribution in [2.75, 3.05) is 4.90 Å². The number of hydrogen-bond acceptors (Lipinski definition) is 4. The molecule has 17 rings (SSSR count).